The van der Waals surface area contributed by atoms with Crippen molar-refractivity contribution in [2.75, 3.05) is 7.11 Å². The van der Waals surface area contributed by atoms with Crippen LogP contribution in [0.2, 0.25) is 0 Å². The molecule has 0 unspecified atom stereocenters. The number of benzene rings is 2. The number of allylic oxidation sites excluding steroid dienone is 1. The molecule has 2 heterocycles. The Balaban J connectivity index is 1.89. The lowest BCUT2D eigenvalue weighted by Gasteiger charge is -2.11. The van der Waals surface area contributed by atoms with E-state index in [9.17, 15) is 14.4 Å². The summed E-state index contributed by atoms with van der Waals surface area (Å²) in [6, 6.07) is 15.7. The number of hydrogen-bond acceptors (Lipinski definition) is 5. The summed E-state index contributed by atoms with van der Waals surface area (Å²) in [5, 5.41) is 0. The van der Waals surface area contributed by atoms with E-state index in [-0.39, 0.29) is 30.0 Å². The zero-order chi connectivity index (χ0) is 22.0. The smallest absolute Gasteiger partial charge is 0.337 e. The van der Waals surface area contributed by atoms with E-state index in [2.05, 4.69) is 11.6 Å². The monoisotopic (exact) mass is 416 g/mol. The van der Waals surface area contributed by atoms with Gasteiger partial charge in [-0.1, -0.05) is 36.4 Å². The number of Topliss-reactive ketones (excluding diaryl/α,β-unsaturated/α-hetero) is 1. The summed E-state index contributed by atoms with van der Waals surface area (Å²) in [5.74, 6) is 0.345. The number of ether oxygens (including phenoxy) is 1. The summed E-state index contributed by atoms with van der Waals surface area (Å²) in [6.07, 6.45) is 2.88. The Morgan fingerprint density at radius 3 is 2.61 bits per heavy atom. The number of carbonyl (C=O) groups excluding carboxylic acids is 1. The fourth-order valence-corrected chi connectivity index (χ4v) is 3.44. The molecule has 2 aromatic heterocycles. The maximum Gasteiger partial charge on any atom is 0.337 e. The fraction of sp³-hybridized carbons (Fsp3) is 0.130. The van der Waals surface area contributed by atoms with Crippen molar-refractivity contribution >= 4 is 16.9 Å². The van der Waals surface area contributed by atoms with Crippen LogP contribution in [0.3, 0.4) is 0 Å². The minimum Gasteiger partial charge on any atom is -0.497 e. The largest absolute Gasteiger partial charge is 0.497 e. The molecule has 0 aliphatic carbocycles. The Kier molecular flexibility index (Phi) is 5.36. The highest BCUT2D eigenvalue weighted by Crippen LogP contribution is 2.16. The van der Waals surface area contributed by atoms with E-state index in [1.807, 2.05) is 6.07 Å². The maximum atomic E-state index is 13.1. The van der Waals surface area contributed by atoms with Crippen LogP contribution in [0.4, 0.5) is 0 Å². The number of hydrogen-bond donors (Lipinski definition) is 0. The number of fused-ring (bicyclic) bond motifs is 1. The van der Waals surface area contributed by atoms with Gasteiger partial charge in [-0.05, 0) is 24.3 Å². The Morgan fingerprint density at radius 2 is 1.90 bits per heavy atom. The van der Waals surface area contributed by atoms with Crippen LogP contribution in [-0.2, 0) is 13.1 Å². The van der Waals surface area contributed by atoms with Crippen LogP contribution in [0.25, 0.3) is 16.9 Å². The highest BCUT2D eigenvalue weighted by Gasteiger charge is 2.20. The number of carbonyl (C=O) groups is 1. The van der Waals surface area contributed by atoms with E-state index in [1.54, 1.807) is 48.5 Å². The third-order valence-corrected chi connectivity index (χ3v) is 4.93. The molecule has 4 rings (SSSR count). The molecule has 0 spiro atoms. The van der Waals surface area contributed by atoms with Gasteiger partial charge in [-0.15, -0.1) is 6.58 Å². The molecule has 0 atom stereocenters. The van der Waals surface area contributed by atoms with Gasteiger partial charge in [0.15, 0.2) is 16.9 Å². The molecule has 0 saturated heterocycles. The Hall–Kier alpha value is -4.20. The van der Waals surface area contributed by atoms with Gasteiger partial charge in [0.05, 0.1) is 25.7 Å². The average Bonchev–Trinajstić information content (AvgIpc) is 3.20. The van der Waals surface area contributed by atoms with Crippen molar-refractivity contribution in [3.05, 3.63) is 100.0 Å². The number of ketones is 1. The molecule has 31 heavy (non-hydrogen) atoms. The highest BCUT2D eigenvalue weighted by atomic mass is 16.5. The minimum atomic E-state index is -0.525. The van der Waals surface area contributed by atoms with Gasteiger partial charge >= 0.3 is 5.69 Å². The van der Waals surface area contributed by atoms with Gasteiger partial charge in [0.25, 0.3) is 5.56 Å². The second kappa shape index (κ2) is 8.27. The Bertz CT molecular complexity index is 1400. The van der Waals surface area contributed by atoms with Crippen molar-refractivity contribution in [3.8, 4) is 11.4 Å². The molecule has 0 aliphatic rings. The van der Waals surface area contributed by atoms with Crippen molar-refractivity contribution < 1.29 is 9.53 Å². The van der Waals surface area contributed by atoms with Crippen LogP contribution in [0, 0.1) is 0 Å². The third-order valence-electron chi connectivity index (χ3n) is 4.93. The van der Waals surface area contributed by atoms with Crippen molar-refractivity contribution in [3.63, 3.8) is 0 Å². The predicted octanol–water partition coefficient (Wildman–Crippen LogP) is 2.43. The van der Waals surface area contributed by atoms with Crippen molar-refractivity contribution in [2.45, 2.75) is 13.1 Å². The van der Waals surface area contributed by atoms with Gasteiger partial charge in [0.2, 0.25) is 0 Å². The van der Waals surface area contributed by atoms with E-state index in [1.165, 1.54) is 28.6 Å². The first-order valence-corrected chi connectivity index (χ1v) is 9.59. The summed E-state index contributed by atoms with van der Waals surface area (Å²) in [5.41, 5.74) is 0.334. The second-order valence-corrected chi connectivity index (χ2v) is 6.86. The van der Waals surface area contributed by atoms with Gasteiger partial charge < -0.3 is 9.30 Å². The molecule has 156 valence electrons. The third kappa shape index (κ3) is 3.59. The molecule has 8 heteroatoms. The highest BCUT2D eigenvalue weighted by molar-refractivity contribution is 5.96. The summed E-state index contributed by atoms with van der Waals surface area (Å²) in [6.45, 7) is 3.56. The van der Waals surface area contributed by atoms with Gasteiger partial charge in [-0.2, -0.15) is 0 Å². The molecule has 0 bridgehead atoms. The van der Waals surface area contributed by atoms with E-state index in [0.29, 0.717) is 17.0 Å². The fourth-order valence-electron chi connectivity index (χ4n) is 3.44. The molecular formula is C23H20N4O4. The summed E-state index contributed by atoms with van der Waals surface area (Å²) in [4.78, 5) is 43.4. The first-order valence-electron chi connectivity index (χ1n) is 9.59. The topological polar surface area (TPSA) is 88.1 Å². The number of nitrogens with zero attached hydrogens (tertiary/aromatic N) is 4. The van der Waals surface area contributed by atoms with Crippen LogP contribution < -0.4 is 16.0 Å². The van der Waals surface area contributed by atoms with Gasteiger partial charge in [-0.25, -0.2) is 14.3 Å². The first kappa shape index (κ1) is 20.1. The number of aromatic nitrogens is 4. The molecule has 0 aliphatic heterocycles. The molecule has 0 radical (unpaired) electrons. The van der Waals surface area contributed by atoms with Gasteiger partial charge in [-0.3, -0.25) is 14.2 Å². The van der Waals surface area contributed by atoms with Crippen LogP contribution in [0.5, 0.6) is 5.75 Å². The van der Waals surface area contributed by atoms with E-state index in [4.69, 9.17) is 4.74 Å². The quantitative estimate of drug-likeness (QED) is 0.341. The number of para-hydroxylation sites is 1. The summed E-state index contributed by atoms with van der Waals surface area (Å²) in [7, 11) is 1.53. The summed E-state index contributed by atoms with van der Waals surface area (Å²) >= 11 is 0. The molecule has 0 saturated carbocycles. The molecule has 8 nitrogen and oxygen atoms in total. The van der Waals surface area contributed by atoms with Gasteiger partial charge in [0.1, 0.15) is 5.75 Å². The molecule has 2 aromatic carbocycles. The lowest BCUT2D eigenvalue weighted by molar-refractivity contribution is 0.0973. The van der Waals surface area contributed by atoms with Crippen molar-refractivity contribution in [2.24, 2.45) is 0 Å². The average molecular weight is 416 g/mol. The summed E-state index contributed by atoms with van der Waals surface area (Å²) < 4.78 is 9.10. The molecule has 0 fully saturated rings. The van der Waals surface area contributed by atoms with Crippen LogP contribution in [0.1, 0.15) is 10.4 Å². The number of imidazole rings is 1. The maximum absolute atomic E-state index is 13.1. The van der Waals surface area contributed by atoms with E-state index < -0.39 is 11.2 Å². The zero-order valence-electron chi connectivity index (χ0n) is 16.9. The first-order chi connectivity index (χ1) is 15.0. The predicted molar refractivity (Wildman–Crippen MR) is 117 cm³/mol. The number of rotatable bonds is 7. The van der Waals surface area contributed by atoms with Crippen molar-refractivity contribution in [1.29, 1.82) is 0 Å². The molecule has 0 N–H and O–H groups in total. The second-order valence-electron chi connectivity index (χ2n) is 6.86. The standard InChI is InChI=1S/C23H20N4O4/c1-3-12-26-22(29)20-21(27(23(26)30)17-9-5-4-6-10-17)24-15-25(20)14-19(28)16-8-7-11-18(13-16)31-2/h3-11,13,15H,1,12,14H2,2H3. The van der Waals surface area contributed by atoms with Crippen LogP contribution in [0.15, 0.2) is 83.2 Å². The lowest BCUT2D eigenvalue weighted by Crippen LogP contribution is -2.40. The zero-order valence-corrected chi connectivity index (χ0v) is 16.9. The lowest BCUT2D eigenvalue weighted by atomic mass is 10.1. The molecule has 0 amide bonds. The van der Waals surface area contributed by atoms with Crippen LogP contribution in [-0.4, -0.2) is 31.6 Å². The SMILES string of the molecule is C=CCn1c(=O)c2c(ncn2CC(=O)c2cccc(OC)c2)n(-c2ccccc2)c1=O. The normalized spacial score (nSPS) is 10.9. The number of methoxy groups -OCH3 is 1. The van der Waals surface area contributed by atoms with Crippen molar-refractivity contribution in [1.82, 2.24) is 18.7 Å². The van der Waals surface area contributed by atoms with Gasteiger partial charge in [0, 0.05) is 12.1 Å². The Morgan fingerprint density at radius 1 is 1.13 bits per heavy atom. The van der Waals surface area contributed by atoms with E-state index in [0.717, 1.165) is 4.57 Å². The molecular weight excluding hydrogens is 396 g/mol. The Labute approximate surface area is 177 Å². The molecule has 4 aromatic rings. The van der Waals surface area contributed by atoms with Crippen LogP contribution >= 0.6 is 0 Å². The minimum absolute atomic E-state index is 0.0372. The van der Waals surface area contributed by atoms with E-state index >= 15 is 0 Å².